The molecule has 0 aliphatic heterocycles. The third-order valence-electron chi connectivity index (χ3n) is 3.65. The van der Waals surface area contributed by atoms with E-state index in [2.05, 4.69) is 5.32 Å². The SMILES string of the molecule is CNC(=O)C(C(=O)CO)N(C)C(=O)c1ccc(-c2ccsc2)cc1. The van der Waals surface area contributed by atoms with E-state index in [9.17, 15) is 14.4 Å². The number of aliphatic hydroxyl groups is 1. The predicted octanol–water partition coefficient (Wildman–Crippen LogP) is 1.16. The number of rotatable bonds is 6. The van der Waals surface area contributed by atoms with Crippen LogP contribution in [0.15, 0.2) is 41.1 Å². The van der Waals surface area contributed by atoms with Crippen molar-refractivity contribution in [2.45, 2.75) is 6.04 Å². The van der Waals surface area contributed by atoms with Crippen LogP contribution in [-0.4, -0.2) is 54.3 Å². The third kappa shape index (κ3) is 3.69. The Hall–Kier alpha value is -2.51. The van der Waals surface area contributed by atoms with E-state index in [4.69, 9.17) is 5.11 Å². The van der Waals surface area contributed by atoms with Crippen molar-refractivity contribution >= 4 is 28.9 Å². The van der Waals surface area contributed by atoms with Gasteiger partial charge in [-0.2, -0.15) is 11.3 Å². The molecule has 2 amide bonds. The van der Waals surface area contributed by atoms with Gasteiger partial charge in [-0.3, -0.25) is 14.4 Å². The summed E-state index contributed by atoms with van der Waals surface area (Å²) < 4.78 is 0. The van der Waals surface area contributed by atoms with Gasteiger partial charge in [0.15, 0.2) is 11.8 Å². The first kappa shape index (κ1) is 17.8. The fourth-order valence-electron chi connectivity index (χ4n) is 2.32. The van der Waals surface area contributed by atoms with Crippen LogP contribution in [0.25, 0.3) is 11.1 Å². The lowest BCUT2D eigenvalue weighted by Crippen LogP contribution is -2.52. The van der Waals surface area contributed by atoms with Gasteiger partial charge in [-0.05, 0) is 40.1 Å². The lowest BCUT2D eigenvalue weighted by Gasteiger charge is -2.25. The predicted molar refractivity (Wildman–Crippen MR) is 91.8 cm³/mol. The van der Waals surface area contributed by atoms with E-state index in [-0.39, 0.29) is 0 Å². The van der Waals surface area contributed by atoms with Crippen molar-refractivity contribution in [3.8, 4) is 11.1 Å². The topological polar surface area (TPSA) is 86.7 Å². The highest BCUT2D eigenvalue weighted by atomic mass is 32.1. The minimum absolute atomic E-state index is 0.358. The van der Waals surface area contributed by atoms with E-state index in [0.717, 1.165) is 16.0 Å². The standard InChI is InChI=1S/C17H18N2O4S/c1-18-16(22)15(14(21)9-20)19(2)17(23)12-5-3-11(4-6-12)13-7-8-24-10-13/h3-8,10,15,20H,9H2,1-2H3,(H,18,22). The number of hydrogen-bond acceptors (Lipinski definition) is 5. The highest BCUT2D eigenvalue weighted by molar-refractivity contribution is 7.08. The van der Waals surface area contributed by atoms with Gasteiger partial charge in [0, 0.05) is 19.7 Å². The summed E-state index contributed by atoms with van der Waals surface area (Å²) in [5.41, 5.74) is 2.40. The fourth-order valence-corrected chi connectivity index (χ4v) is 2.98. The molecule has 0 fully saturated rings. The summed E-state index contributed by atoms with van der Waals surface area (Å²) in [5, 5.41) is 15.3. The van der Waals surface area contributed by atoms with Crippen molar-refractivity contribution in [1.82, 2.24) is 10.2 Å². The Kier molecular flexibility index (Phi) is 5.83. The van der Waals surface area contributed by atoms with Crippen LogP contribution in [0.5, 0.6) is 0 Å². The molecule has 126 valence electrons. The molecule has 1 unspecified atom stereocenters. The zero-order valence-corrected chi connectivity index (χ0v) is 14.2. The highest BCUT2D eigenvalue weighted by Gasteiger charge is 2.32. The Morgan fingerprint density at radius 2 is 1.83 bits per heavy atom. The fraction of sp³-hybridized carbons (Fsp3) is 0.235. The summed E-state index contributed by atoms with van der Waals surface area (Å²) in [7, 11) is 2.73. The summed E-state index contributed by atoms with van der Waals surface area (Å²) in [6.07, 6.45) is 0. The third-order valence-corrected chi connectivity index (χ3v) is 4.33. The molecule has 1 heterocycles. The second-order valence-electron chi connectivity index (χ2n) is 5.15. The number of aliphatic hydroxyl groups excluding tert-OH is 1. The summed E-state index contributed by atoms with van der Waals surface area (Å²) >= 11 is 1.58. The molecule has 7 heteroatoms. The van der Waals surface area contributed by atoms with Crippen LogP contribution in [0.1, 0.15) is 10.4 Å². The van der Waals surface area contributed by atoms with Crippen LogP contribution < -0.4 is 5.32 Å². The van der Waals surface area contributed by atoms with Crippen molar-refractivity contribution < 1.29 is 19.5 Å². The molecule has 6 nitrogen and oxygen atoms in total. The number of nitrogens with zero attached hydrogens (tertiary/aromatic N) is 1. The van der Waals surface area contributed by atoms with Gasteiger partial charge >= 0.3 is 0 Å². The van der Waals surface area contributed by atoms with Crippen molar-refractivity contribution in [3.05, 3.63) is 46.7 Å². The van der Waals surface area contributed by atoms with Crippen molar-refractivity contribution in [1.29, 1.82) is 0 Å². The number of carbonyl (C=O) groups excluding carboxylic acids is 3. The van der Waals surface area contributed by atoms with Gasteiger partial charge in [-0.25, -0.2) is 0 Å². The van der Waals surface area contributed by atoms with Crippen molar-refractivity contribution in [3.63, 3.8) is 0 Å². The molecule has 1 atom stereocenters. The van der Waals surface area contributed by atoms with Gasteiger partial charge in [-0.15, -0.1) is 0 Å². The number of ketones is 1. The minimum Gasteiger partial charge on any atom is -0.388 e. The Balaban J connectivity index is 2.22. The van der Waals surface area contributed by atoms with E-state index in [1.807, 2.05) is 29.0 Å². The molecule has 0 saturated heterocycles. The lowest BCUT2D eigenvalue weighted by atomic mass is 10.0. The number of Topliss-reactive ketones (excluding diaryl/α,β-unsaturated/α-hetero) is 1. The van der Waals surface area contributed by atoms with Gasteiger partial charge in [0.25, 0.3) is 5.91 Å². The van der Waals surface area contributed by atoms with Gasteiger partial charge in [0.2, 0.25) is 5.91 Å². The molecule has 0 saturated carbocycles. The zero-order chi connectivity index (χ0) is 17.7. The molecule has 0 radical (unpaired) electrons. The molecular weight excluding hydrogens is 328 g/mol. The maximum Gasteiger partial charge on any atom is 0.254 e. The Morgan fingerprint density at radius 1 is 1.17 bits per heavy atom. The van der Waals surface area contributed by atoms with Gasteiger partial charge in [-0.1, -0.05) is 12.1 Å². The maximum atomic E-state index is 12.5. The van der Waals surface area contributed by atoms with Crippen LogP contribution in [-0.2, 0) is 9.59 Å². The summed E-state index contributed by atoms with van der Waals surface area (Å²) in [6, 6.07) is 7.54. The number of benzene rings is 1. The van der Waals surface area contributed by atoms with Gasteiger partial charge < -0.3 is 15.3 Å². The molecule has 2 N–H and O–H groups in total. The molecule has 2 rings (SSSR count). The molecule has 0 spiro atoms. The average molecular weight is 346 g/mol. The van der Waals surface area contributed by atoms with Gasteiger partial charge in [0.1, 0.15) is 6.61 Å². The van der Waals surface area contributed by atoms with E-state index >= 15 is 0 Å². The average Bonchev–Trinajstić information content (AvgIpc) is 3.15. The Bertz CT molecular complexity index is 710. The van der Waals surface area contributed by atoms with Crippen LogP contribution >= 0.6 is 11.3 Å². The largest absolute Gasteiger partial charge is 0.388 e. The lowest BCUT2D eigenvalue weighted by molar-refractivity contribution is -0.135. The van der Waals surface area contributed by atoms with Crippen LogP contribution in [0.2, 0.25) is 0 Å². The molecule has 2 aromatic rings. The van der Waals surface area contributed by atoms with E-state index < -0.39 is 30.2 Å². The van der Waals surface area contributed by atoms with E-state index in [1.165, 1.54) is 14.1 Å². The molecule has 0 bridgehead atoms. The molecule has 24 heavy (non-hydrogen) atoms. The van der Waals surface area contributed by atoms with Crippen LogP contribution in [0.4, 0.5) is 0 Å². The quantitative estimate of drug-likeness (QED) is 0.769. The molecular formula is C17H18N2O4S. The summed E-state index contributed by atoms with van der Waals surface area (Å²) in [5.74, 6) is -1.85. The number of amides is 2. The smallest absolute Gasteiger partial charge is 0.254 e. The number of hydrogen-bond donors (Lipinski definition) is 2. The highest BCUT2D eigenvalue weighted by Crippen LogP contribution is 2.22. The number of likely N-dealkylation sites (N-methyl/N-ethyl adjacent to an activating group) is 2. The molecule has 0 aliphatic carbocycles. The maximum absolute atomic E-state index is 12.5. The Morgan fingerprint density at radius 3 is 2.33 bits per heavy atom. The minimum atomic E-state index is -1.36. The monoisotopic (exact) mass is 346 g/mol. The Labute approximate surface area is 143 Å². The number of nitrogens with one attached hydrogen (secondary N) is 1. The molecule has 1 aromatic heterocycles. The first-order valence-electron chi connectivity index (χ1n) is 7.24. The van der Waals surface area contributed by atoms with Crippen molar-refractivity contribution in [2.24, 2.45) is 0 Å². The first-order valence-corrected chi connectivity index (χ1v) is 8.18. The van der Waals surface area contributed by atoms with E-state index in [0.29, 0.717) is 5.56 Å². The molecule has 1 aromatic carbocycles. The normalized spacial score (nSPS) is 11.6. The van der Waals surface area contributed by atoms with Crippen LogP contribution in [0.3, 0.4) is 0 Å². The first-order chi connectivity index (χ1) is 11.5. The summed E-state index contributed by atoms with van der Waals surface area (Å²) in [6.45, 7) is -0.813. The van der Waals surface area contributed by atoms with Crippen molar-refractivity contribution in [2.75, 3.05) is 20.7 Å². The number of carbonyl (C=O) groups is 3. The van der Waals surface area contributed by atoms with E-state index in [1.54, 1.807) is 23.5 Å². The van der Waals surface area contributed by atoms with Crippen LogP contribution in [0, 0.1) is 0 Å². The second kappa shape index (κ2) is 7.85. The number of thiophene rings is 1. The summed E-state index contributed by atoms with van der Waals surface area (Å²) in [4.78, 5) is 37.2. The molecule has 0 aliphatic rings. The zero-order valence-electron chi connectivity index (χ0n) is 13.4. The van der Waals surface area contributed by atoms with Gasteiger partial charge in [0.05, 0.1) is 0 Å². The second-order valence-corrected chi connectivity index (χ2v) is 5.93.